The van der Waals surface area contributed by atoms with E-state index in [0.717, 1.165) is 8.97 Å². The molecular weight excluding hydrogens is 965 g/mol. The van der Waals surface area contributed by atoms with Crippen molar-refractivity contribution in [1.82, 2.24) is 4.48 Å². The zero-order valence-electron chi connectivity index (χ0n) is 39.4. The number of methoxy groups -OCH3 is 1. The first kappa shape index (κ1) is 49.8. The molecule has 72 heavy (non-hydrogen) atoms. The van der Waals surface area contributed by atoms with Gasteiger partial charge >= 0.3 is 55.2 Å². The molecule has 10 rings (SSSR count). The first-order valence-corrected chi connectivity index (χ1v) is 23.6. The standard InChI is InChI=1S/C51H38B2F4N4O9S.Na/c1-29-42-27-43-50(64)30(2)49(61(43)52(54,55)58(42)31(3)51(29)71(65,66)67)34-19-16-32(17-20-34)14-15-33-18-21-37(46(26-33)70-28-47(62)63)48-40-24-22-38(35-10-6-8-12-44(35)68-4)59(40)53(56,57)60-39(23-25-41(48)60)36-11-7-9-13-45(36)69-5;/h6-13,16-27,30H,28H2,1-5H3;/q;+1/p+2. The molecule has 0 bridgehead atoms. The van der Waals surface area contributed by atoms with Crippen LogP contribution in [0.5, 0.6) is 11.5 Å². The fourth-order valence-corrected chi connectivity index (χ4v) is 11.3. The maximum absolute atomic E-state index is 17.6. The summed E-state index contributed by atoms with van der Waals surface area (Å²) in [5.74, 6) is 3.94. The number of carboxylic acid groups (broad SMARTS) is 1. The Morgan fingerprint density at radius 3 is 2.19 bits per heavy atom. The molecule has 3 aromatic carbocycles. The number of rotatable bonds is 8. The maximum Gasteiger partial charge on any atom is 1.00 e. The second-order valence-electron chi connectivity index (χ2n) is 17.3. The number of fused-ring (bicyclic) bond motifs is 3. The summed E-state index contributed by atoms with van der Waals surface area (Å²) in [4.78, 5) is 24.9. The molecule has 0 saturated carbocycles. The van der Waals surface area contributed by atoms with Crippen LogP contribution < -0.4 is 39.0 Å². The molecular formula is C51H40B2F4N4NaO9S+3. The molecule has 356 valence electrons. The number of aliphatic carboxylic acids is 1. The normalized spacial score (nSPS) is 20.6. The second kappa shape index (κ2) is 18.2. The number of carboxylic acids is 1. The molecule has 1 aromatic heterocycles. The number of carbonyl (C=O) groups is 2. The number of benzene rings is 3. The number of ether oxygens (including phenoxy) is 2. The molecule has 5 aliphatic heterocycles. The van der Waals surface area contributed by atoms with Gasteiger partial charge < -0.3 is 40.8 Å². The smallest absolute Gasteiger partial charge is 0.496 e. The van der Waals surface area contributed by atoms with Crippen LogP contribution in [0.25, 0.3) is 11.6 Å². The molecule has 0 amide bonds. The van der Waals surface area contributed by atoms with Gasteiger partial charge in [0.2, 0.25) is 11.5 Å². The summed E-state index contributed by atoms with van der Waals surface area (Å²) in [6.45, 7) is -6.26. The van der Waals surface area contributed by atoms with Gasteiger partial charge in [-0.1, -0.05) is 36.1 Å². The fraction of sp³-hybridized carbons (Fsp3) is 0.137. The zero-order valence-corrected chi connectivity index (χ0v) is 42.3. The molecule has 0 saturated heterocycles. The summed E-state index contributed by atoms with van der Waals surface area (Å²) in [5, 5.41) is 9.77. The van der Waals surface area contributed by atoms with E-state index < -0.39 is 53.2 Å². The Morgan fingerprint density at radius 2 is 1.50 bits per heavy atom. The van der Waals surface area contributed by atoms with Crippen molar-refractivity contribution in [2.24, 2.45) is 5.92 Å². The quantitative estimate of drug-likeness (QED) is 0.0676. The Morgan fingerprint density at radius 1 is 0.847 bits per heavy atom. The van der Waals surface area contributed by atoms with E-state index in [0.29, 0.717) is 48.3 Å². The number of hydrogen-bond acceptors (Lipinski definition) is 6. The predicted molar refractivity (Wildman–Crippen MR) is 258 cm³/mol. The minimum atomic E-state index is -4.88. The van der Waals surface area contributed by atoms with Crippen LogP contribution in [0.2, 0.25) is 0 Å². The number of aromatic nitrogens is 1. The van der Waals surface area contributed by atoms with Crippen molar-refractivity contribution in [2.45, 2.75) is 25.7 Å². The molecule has 1 aliphatic carbocycles. The number of ketones is 2. The fourth-order valence-electron chi connectivity index (χ4n) is 10.3. The van der Waals surface area contributed by atoms with Crippen LogP contribution in [0, 0.1) is 31.6 Å². The van der Waals surface area contributed by atoms with E-state index in [4.69, 9.17) is 13.9 Å². The number of halogens is 4. The van der Waals surface area contributed by atoms with E-state index in [9.17, 15) is 27.7 Å². The van der Waals surface area contributed by atoms with E-state index >= 15 is 17.3 Å². The third-order valence-corrected chi connectivity index (χ3v) is 14.4. The first-order valence-electron chi connectivity index (χ1n) is 22.1. The number of nitrogens with zero attached hydrogens (tertiary/aromatic N) is 4. The molecule has 6 aliphatic rings. The molecule has 13 nitrogen and oxygen atoms in total. The van der Waals surface area contributed by atoms with E-state index in [-0.39, 0.29) is 97.6 Å². The molecule has 1 atom stereocenters. The second-order valence-corrected chi connectivity index (χ2v) is 18.6. The largest absolute Gasteiger partial charge is 1.00 e. The molecule has 6 heterocycles. The third kappa shape index (κ3) is 7.78. The van der Waals surface area contributed by atoms with Crippen LogP contribution in [0.4, 0.5) is 17.3 Å². The zero-order chi connectivity index (χ0) is 50.5. The number of carbonyl (C=O) groups excluding carboxylic acids is 2. The van der Waals surface area contributed by atoms with Gasteiger partial charge in [-0.05, 0) is 87.0 Å². The van der Waals surface area contributed by atoms with Gasteiger partial charge in [-0.25, -0.2) is 4.79 Å². The molecule has 0 spiro atoms. The monoisotopic (exact) mass is 1010 g/mol. The van der Waals surface area contributed by atoms with Gasteiger partial charge in [0.05, 0.1) is 12.7 Å². The van der Waals surface area contributed by atoms with Crippen molar-refractivity contribution >= 4 is 70.4 Å². The van der Waals surface area contributed by atoms with Gasteiger partial charge in [-0.15, -0.1) is 0 Å². The van der Waals surface area contributed by atoms with Gasteiger partial charge in [-0.2, -0.15) is 8.42 Å². The summed E-state index contributed by atoms with van der Waals surface area (Å²) in [6.07, 6.45) is 14.4. The Labute approximate surface area is 432 Å². The van der Waals surface area contributed by atoms with Crippen molar-refractivity contribution in [3.05, 3.63) is 183 Å². The first-order chi connectivity index (χ1) is 33.8. The van der Waals surface area contributed by atoms with Gasteiger partial charge in [-0.3, -0.25) is 22.7 Å². The van der Waals surface area contributed by atoms with Crippen molar-refractivity contribution < 1.29 is 102 Å². The molecule has 0 fully saturated rings. The van der Waals surface area contributed by atoms with E-state index in [1.54, 1.807) is 97.1 Å². The maximum atomic E-state index is 17.6. The summed E-state index contributed by atoms with van der Waals surface area (Å²) < 4.78 is 123. The van der Waals surface area contributed by atoms with Crippen LogP contribution in [-0.4, -0.2) is 105 Å². The van der Waals surface area contributed by atoms with Crippen molar-refractivity contribution in [2.75, 3.05) is 20.8 Å². The number of hydrogen-bond donors (Lipinski definition) is 2. The summed E-state index contributed by atoms with van der Waals surface area (Å²) in [7, 11) is -1.97. The minimum Gasteiger partial charge on any atom is -0.496 e. The topological polar surface area (TPSA) is 152 Å². The molecule has 0 radical (unpaired) electrons. The van der Waals surface area contributed by atoms with Crippen molar-refractivity contribution in [3.8, 4) is 23.3 Å². The van der Waals surface area contributed by atoms with Crippen molar-refractivity contribution in [1.29, 1.82) is 0 Å². The third-order valence-electron chi connectivity index (χ3n) is 13.3. The van der Waals surface area contributed by atoms with E-state index in [1.807, 2.05) is 0 Å². The van der Waals surface area contributed by atoms with E-state index in [1.165, 1.54) is 59.3 Å². The van der Waals surface area contributed by atoms with Crippen molar-refractivity contribution in [3.63, 3.8) is 0 Å². The average molecular weight is 1010 g/mol. The van der Waals surface area contributed by atoms with Crippen LogP contribution in [-0.2, 0) is 24.1 Å². The van der Waals surface area contributed by atoms with E-state index in [2.05, 4.69) is 11.8 Å². The Kier molecular flexibility index (Phi) is 12.6. The molecule has 21 heteroatoms. The summed E-state index contributed by atoms with van der Waals surface area (Å²) in [6, 6.07) is 17.8. The SMILES string of the molecule is COc1ccccc1C1=[N+]2C(=C(c3ccc(C#Cc4ccc(C5=[N+]6C(=Cc7c(C)c(S(=O)(=O)O)c(C)n7[B-]6(F)F)C(=O)C5C)cc4)cc3OCC(=O)O)C3=[N+](C(=C4C=CC=CC4=[O+]C)C=C3)[B-]2(F)F)C=C1.[Na+]. The molecule has 2 N–H and O–H groups in total. The van der Waals surface area contributed by atoms with Crippen LogP contribution >= 0.6 is 0 Å². The predicted octanol–water partition coefficient (Wildman–Crippen LogP) is 3.83. The number of Topliss-reactive ketones (excluding diaryl/α,β-unsaturated/α-hetero) is 1. The summed E-state index contributed by atoms with van der Waals surface area (Å²) >= 11 is 0. The van der Waals surface area contributed by atoms with Crippen LogP contribution in [0.15, 0.2) is 143 Å². The Hall–Kier alpha value is -7.14. The molecule has 4 aromatic rings. The van der Waals surface area contributed by atoms with Crippen LogP contribution in [0.1, 0.15) is 51.7 Å². The van der Waals surface area contributed by atoms with Crippen LogP contribution in [0.3, 0.4) is 0 Å². The minimum absolute atomic E-state index is 0. The van der Waals surface area contributed by atoms with Gasteiger partial charge in [0.25, 0.3) is 17.2 Å². The number of para-hydroxylation sites is 1. The summed E-state index contributed by atoms with van der Waals surface area (Å²) in [5.41, 5.74) is 2.07. The molecule has 1 unspecified atom stereocenters. The van der Waals surface area contributed by atoms with Gasteiger partial charge in [0.1, 0.15) is 33.5 Å². The van der Waals surface area contributed by atoms with Gasteiger partial charge in [0.15, 0.2) is 35.1 Å². The Bertz CT molecular complexity index is 3720. The average Bonchev–Trinajstić information content (AvgIpc) is 4.11. The Balaban J connectivity index is 0.00000640. The number of allylic oxidation sites excluding steroid dienone is 11. The van der Waals surface area contributed by atoms with Gasteiger partial charge in [0, 0.05) is 70.1 Å².